The van der Waals surface area contributed by atoms with Crippen LogP contribution in [0.1, 0.15) is 39.0 Å². The van der Waals surface area contributed by atoms with E-state index in [1.807, 2.05) is 6.08 Å². The molecule has 1 unspecified atom stereocenters. The molecule has 1 heteroatoms. The van der Waals surface area contributed by atoms with Gasteiger partial charge in [0.25, 0.3) is 0 Å². The Kier molecular flexibility index (Phi) is 4.83. The summed E-state index contributed by atoms with van der Waals surface area (Å²) < 4.78 is 0. The molecule has 1 N–H and O–H groups in total. The van der Waals surface area contributed by atoms with E-state index in [2.05, 4.69) is 26.2 Å². The van der Waals surface area contributed by atoms with Gasteiger partial charge in [-0.1, -0.05) is 24.3 Å². The van der Waals surface area contributed by atoms with Gasteiger partial charge in [-0.25, -0.2) is 0 Å². The Balaban J connectivity index is 2.45. The Bertz CT molecular complexity index is 263. The molecule has 0 saturated heterocycles. The van der Waals surface area contributed by atoms with Crippen LogP contribution in [0.25, 0.3) is 0 Å². The van der Waals surface area contributed by atoms with Gasteiger partial charge in [-0.2, -0.15) is 0 Å². The Morgan fingerprint density at radius 2 is 2.47 bits per heavy atom. The fourth-order valence-corrected chi connectivity index (χ4v) is 2.07. The molecule has 2 atom stereocenters. The van der Waals surface area contributed by atoms with E-state index in [-0.39, 0.29) is 6.10 Å². The highest BCUT2D eigenvalue weighted by Gasteiger charge is 2.18. The molecule has 15 heavy (non-hydrogen) atoms. The van der Waals surface area contributed by atoms with Crippen LogP contribution in [-0.2, 0) is 0 Å². The maximum Gasteiger partial charge on any atom is 0.0753 e. The van der Waals surface area contributed by atoms with E-state index in [9.17, 15) is 5.11 Å². The Hall–Kier alpha value is -0.820. The molecule has 0 heterocycles. The van der Waals surface area contributed by atoms with Crippen molar-refractivity contribution in [3.05, 3.63) is 36.5 Å². The van der Waals surface area contributed by atoms with Gasteiger partial charge in [0.05, 0.1) is 6.10 Å². The van der Waals surface area contributed by atoms with Crippen molar-refractivity contribution in [3.8, 4) is 0 Å². The van der Waals surface area contributed by atoms with Gasteiger partial charge < -0.3 is 5.11 Å². The summed E-state index contributed by atoms with van der Waals surface area (Å²) in [5.74, 6) is 0.625. The molecule has 0 aromatic carbocycles. The Morgan fingerprint density at radius 3 is 2.93 bits per heavy atom. The zero-order valence-electron chi connectivity index (χ0n) is 9.71. The minimum absolute atomic E-state index is 0.255. The lowest BCUT2D eigenvalue weighted by Gasteiger charge is -2.24. The summed E-state index contributed by atoms with van der Waals surface area (Å²) in [5, 5.41) is 9.89. The first-order chi connectivity index (χ1) is 7.15. The third-order valence-electron chi connectivity index (χ3n) is 3.22. The second-order valence-electron chi connectivity index (χ2n) is 4.48. The third kappa shape index (κ3) is 3.67. The lowest BCUT2D eigenvalue weighted by Crippen LogP contribution is -2.16. The molecule has 0 fully saturated rings. The minimum atomic E-state index is -0.255. The lowest BCUT2D eigenvalue weighted by atomic mass is 9.83. The highest BCUT2D eigenvalue weighted by molar-refractivity contribution is 5.15. The van der Waals surface area contributed by atoms with Gasteiger partial charge in [0.15, 0.2) is 0 Å². The van der Waals surface area contributed by atoms with Crippen LogP contribution in [0.15, 0.2) is 36.5 Å². The van der Waals surface area contributed by atoms with Crippen molar-refractivity contribution in [2.45, 2.75) is 45.1 Å². The van der Waals surface area contributed by atoms with Gasteiger partial charge in [0.1, 0.15) is 0 Å². The van der Waals surface area contributed by atoms with Gasteiger partial charge in [-0.05, 0) is 50.5 Å². The average molecular weight is 206 g/mol. The van der Waals surface area contributed by atoms with Crippen LogP contribution >= 0.6 is 0 Å². The number of aliphatic hydroxyl groups excluding tert-OH is 1. The van der Waals surface area contributed by atoms with E-state index in [0.29, 0.717) is 5.92 Å². The van der Waals surface area contributed by atoms with E-state index in [0.717, 1.165) is 32.1 Å². The van der Waals surface area contributed by atoms with Crippen LogP contribution in [0.2, 0.25) is 0 Å². The molecule has 0 spiro atoms. The number of hydrogen-bond donors (Lipinski definition) is 1. The first-order valence-electron chi connectivity index (χ1n) is 5.78. The molecular weight excluding hydrogens is 184 g/mol. The topological polar surface area (TPSA) is 20.2 Å². The van der Waals surface area contributed by atoms with Crippen molar-refractivity contribution >= 4 is 0 Å². The van der Waals surface area contributed by atoms with E-state index >= 15 is 0 Å². The monoisotopic (exact) mass is 206 g/mol. The second-order valence-corrected chi connectivity index (χ2v) is 4.48. The number of aliphatic hydroxyl groups is 1. The first kappa shape index (κ1) is 12.3. The van der Waals surface area contributed by atoms with E-state index in [1.54, 1.807) is 0 Å². The van der Waals surface area contributed by atoms with Crippen LogP contribution in [0, 0.1) is 5.92 Å². The summed E-state index contributed by atoms with van der Waals surface area (Å²) in [6.07, 6.45) is 8.74. The molecular formula is C14H22O. The molecule has 1 aliphatic rings. The number of rotatable bonds is 5. The van der Waals surface area contributed by atoms with Crippen LogP contribution in [0.3, 0.4) is 0 Å². The number of hydrogen-bond acceptors (Lipinski definition) is 1. The van der Waals surface area contributed by atoms with Gasteiger partial charge in [0.2, 0.25) is 0 Å². The summed E-state index contributed by atoms with van der Waals surface area (Å²) in [6.45, 7) is 9.76. The van der Waals surface area contributed by atoms with Crippen molar-refractivity contribution in [3.63, 3.8) is 0 Å². The minimum Gasteiger partial charge on any atom is -0.389 e. The average Bonchev–Trinajstić information content (AvgIpc) is 2.26. The summed E-state index contributed by atoms with van der Waals surface area (Å²) in [6, 6.07) is 0. The summed E-state index contributed by atoms with van der Waals surface area (Å²) in [4.78, 5) is 0. The zero-order chi connectivity index (χ0) is 11.3. The van der Waals surface area contributed by atoms with E-state index < -0.39 is 0 Å². The van der Waals surface area contributed by atoms with Crippen LogP contribution in [-0.4, -0.2) is 11.2 Å². The van der Waals surface area contributed by atoms with Crippen LogP contribution in [0.4, 0.5) is 0 Å². The standard InChI is InChI=1S/C14H22O/c1-4-5-6-14(15)13-9-7-12(8-10-13)11(2)3/h4,9,12,14-15H,1-2,5-8,10H2,3H3/t12-,14?/m0/s1. The van der Waals surface area contributed by atoms with Gasteiger partial charge in [-0.3, -0.25) is 0 Å². The van der Waals surface area contributed by atoms with Crippen molar-refractivity contribution in [1.82, 2.24) is 0 Å². The summed E-state index contributed by atoms with van der Waals surface area (Å²) in [5.41, 5.74) is 2.49. The smallest absolute Gasteiger partial charge is 0.0753 e. The second kappa shape index (κ2) is 5.92. The quantitative estimate of drug-likeness (QED) is 0.681. The van der Waals surface area contributed by atoms with Gasteiger partial charge in [0, 0.05) is 0 Å². The molecule has 1 rings (SSSR count). The zero-order valence-corrected chi connectivity index (χ0v) is 9.71. The van der Waals surface area contributed by atoms with Gasteiger partial charge >= 0.3 is 0 Å². The molecule has 0 aromatic rings. The molecule has 1 nitrogen and oxygen atoms in total. The molecule has 0 radical (unpaired) electrons. The summed E-state index contributed by atoms with van der Waals surface area (Å²) >= 11 is 0. The molecule has 0 saturated carbocycles. The van der Waals surface area contributed by atoms with Crippen molar-refractivity contribution in [2.75, 3.05) is 0 Å². The lowest BCUT2D eigenvalue weighted by molar-refractivity contribution is 0.193. The largest absolute Gasteiger partial charge is 0.389 e. The van der Waals surface area contributed by atoms with E-state index in [4.69, 9.17) is 0 Å². The fourth-order valence-electron chi connectivity index (χ4n) is 2.07. The Labute approximate surface area is 93.2 Å². The van der Waals surface area contributed by atoms with Crippen LogP contribution < -0.4 is 0 Å². The highest BCUT2D eigenvalue weighted by Crippen LogP contribution is 2.30. The SMILES string of the molecule is C=CCCC(O)C1=CC[C@H](C(=C)C)CC1. The first-order valence-corrected chi connectivity index (χ1v) is 5.78. The Morgan fingerprint density at radius 1 is 1.73 bits per heavy atom. The maximum absolute atomic E-state index is 9.89. The highest BCUT2D eigenvalue weighted by atomic mass is 16.3. The van der Waals surface area contributed by atoms with E-state index in [1.165, 1.54) is 11.1 Å². The third-order valence-corrected chi connectivity index (χ3v) is 3.22. The summed E-state index contributed by atoms with van der Waals surface area (Å²) in [7, 11) is 0. The molecule has 84 valence electrons. The molecule has 0 bridgehead atoms. The van der Waals surface area contributed by atoms with Crippen LogP contribution in [0.5, 0.6) is 0 Å². The fraction of sp³-hybridized carbons (Fsp3) is 0.571. The number of allylic oxidation sites excluding steroid dienone is 3. The van der Waals surface area contributed by atoms with Crippen molar-refractivity contribution in [2.24, 2.45) is 5.92 Å². The molecule has 0 aliphatic heterocycles. The molecule has 1 aliphatic carbocycles. The van der Waals surface area contributed by atoms with Gasteiger partial charge in [-0.15, -0.1) is 6.58 Å². The van der Waals surface area contributed by atoms with Crippen molar-refractivity contribution < 1.29 is 5.11 Å². The molecule has 0 aromatic heterocycles. The van der Waals surface area contributed by atoms with Crippen molar-refractivity contribution in [1.29, 1.82) is 0 Å². The molecule has 0 amide bonds. The predicted octanol–water partition coefficient (Wildman–Crippen LogP) is 3.62. The normalized spacial score (nSPS) is 23.1. The maximum atomic E-state index is 9.89. The predicted molar refractivity (Wildman–Crippen MR) is 65.7 cm³/mol.